The quantitative estimate of drug-likeness (QED) is 0.0142. The first-order chi connectivity index (χ1) is 63.4. The second-order valence-electron chi connectivity index (χ2n) is 51.4. The van der Waals surface area contributed by atoms with E-state index in [0.717, 1.165) is 40.3 Å². The van der Waals surface area contributed by atoms with Gasteiger partial charge < -0.3 is 102 Å². The fourth-order valence-electron chi connectivity index (χ4n) is 17.6. The van der Waals surface area contributed by atoms with Gasteiger partial charge in [0.05, 0.1) is 146 Å². The number of amides is 2. The first kappa shape index (κ1) is 179. The molecule has 0 aromatic heterocycles. The van der Waals surface area contributed by atoms with Crippen molar-refractivity contribution >= 4 is 154 Å². The van der Waals surface area contributed by atoms with Gasteiger partial charge >= 0.3 is 106 Å². The van der Waals surface area contributed by atoms with E-state index in [1.165, 1.54) is 154 Å². The summed E-state index contributed by atoms with van der Waals surface area (Å²) in [5, 5.41) is 24.2. The predicted molar refractivity (Wildman–Crippen MR) is 682 cm³/mol. The number of carbonyl (C=O) groups is 6. The van der Waals surface area contributed by atoms with Gasteiger partial charge in [-0.2, -0.15) is 0 Å². The molecule has 0 heterocycles. The van der Waals surface area contributed by atoms with Gasteiger partial charge in [-0.1, -0.05) is 306 Å². The Balaban J connectivity index is -0.000000118. The summed E-state index contributed by atoms with van der Waals surface area (Å²) >= 11 is 11.3. The molecule has 3 aliphatic rings. The van der Waals surface area contributed by atoms with Crippen molar-refractivity contribution < 1.29 is 130 Å². The maximum Gasteiger partial charge on any atom is 2.00 e. The number of nitrogens with zero attached hydrogens (tertiary/aromatic N) is 7. The van der Waals surface area contributed by atoms with Crippen LogP contribution >= 0.6 is 64.0 Å². The molecular weight excluding hydrogens is 2260 g/mol. The van der Waals surface area contributed by atoms with E-state index in [2.05, 4.69) is 328 Å². The Morgan fingerprint density at radius 1 is 0.360 bits per heavy atom. The number of esters is 4. The van der Waals surface area contributed by atoms with E-state index in [0.29, 0.717) is 71.1 Å². The number of hydrogen-bond donors (Lipinski definition) is 0. The van der Waals surface area contributed by atoms with E-state index in [1.807, 2.05) is 6.07 Å². The monoisotopic (exact) mass is 2480 g/mol. The van der Waals surface area contributed by atoms with Gasteiger partial charge in [-0.25, -0.2) is 0 Å². The molecule has 3 aromatic carbocycles. The van der Waals surface area contributed by atoms with Crippen molar-refractivity contribution in [1.29, 1.82) is 0 Å². The molecule has 3 aromatic rings. The number of methoxy groups -OCH3 is 4. The Kier molecular flexibility index (Phi) is 102. The largest absolute Gasteiger partial charge is 2.00 e. The second-order valence-corrected chi connectivity index (χ2v) is 83.1. The first-order valence-electron chi connectivity index (χ1n) is 52.5. The van der Waals surface area contributed by atoms with Gasteiger partial charge in [0, 0.05) is 56.1 Å². The van der Waals surface area contributed by atoms with E-state index in [9.17, 15) is 28.8 Å². The maximum absolute atomic E-state index is 12.2. The van der Waals surface area contributed by atoms with Crippen LogP contribution in [0.4, 0.5) is 5.69 Å². The van der Waals surface area contributed by atoms with Crippen molar-refractivity contribution in [3.63, 3.8) is 0 Å². The van der Waals surface area contributed by atoms with E-state index >= 15 is 0 Å². The smallest absolute Gasteiger partial charge is 0.673 e. The zero-order valence-corrected chi connectivity index (χ0v) is 120. The minimum Gasteiger partial charge on any atom is -0.673 e. The van der Waals surface area contributed by atoms with Crippen molar-refractivity contribution in [2.24, 2.45) is 33.3 Å². The molecule has 0 bridgehead atoms. The number of thiocarbonyl (C=S) groups is 2. The Morgan fingerprint density at radius 2 is 0.627 bits per heavy atom. The third-order valence-electron chi connectivity index (χ3n) is 23.3. The molecule has 150 heavy (non-hydrogen) atoms. The van der Waals surface area contributed by atoms with Crippen LogP contribution in [-0.2, 0) is 125 Å². The number of amidine groups is 2. The fraction of sp³-hybridized carbons (Fsp3) is 0.739. The third kappa shape index (κ3) is 86.5. The molecule has 0 aliphatic heterocycles. The minimum absolute atomic E-state index is 0. The molecule has 3 fully saturated rings. The Morgan fingerprint density at radius 3 is 0.913 bits per heavy atom. The van der Waals surface area contributed by atoms with E-state index < -0.39 is 62.0 Å². The number of rotatable bonds is 21. The van der Waals surface area contributed by atoms with E-state index in [1.54, 1.807) is 79.7 Å². The van der Waals surface area contributed by atoms with Crippen LogP contribution in [0.15, 0.2) is 82.4 Å². The van der Waals surface area contributed by atoms with E-state index in [4.69, 9.17) is 55.0 Å². The zero-order chi connectivity index (χ0) is 110. The molecular formula is C119H231N7Ni5O10P5S2Si2+5. The summed E-state index contributed by atoms with van der Waals surface area (Å²) in [6.45, 7) is 103. The summed E-state index contributed by atoms with van der Waals surface area (Å²) in [7, 11) is -0.814. The summed E-state index contributed by atoms with van der Waals surface area (Å²) in [6.07, 6.45) is 25.9. The SMILES string of the molecule is CC(C)(C)[PH+](CC(=NC1CCCCC1)[N-]C1CCCCC1)C(C)(C)C.CC(C)(C)[PH+](CC(=N[Si](C)(C)C)[N-][Si](C)(C)C)C(C)(C)C.CC(C)(C)[PH+](CC(=O)[N-]C(=O)c1ccccc1)C(C)(C)C.CC(C)(C)[PH+](CC(=S)[N-]C1CCCCC1)C(C)(C)C.CC(C)(C)[PH+](CC(=S)[N-]c1cccc2ccccc12)C(C)(C)C.CCC.COC(=O)C(C)C.COC(=O)C(C)C.COC(=O)C(C)C.COC(=O)C(C)C.[CH3-].[CH3-].[CH3-].[CH3-].[CH3-].[Ni+2].[Ni+2].[Ni+2].[Ni+2].[Ni+2]. The van der Waals surface area contributed by atoms with Gasteiger partial charge in [0.15, 0.2) is 0 Å². The normalized spacial score (nSPS) is 13.8. The minimum atomic E-state index is -1.47. The molecule has 3 aliphatic carbocycles. The topological polar surface area (TPSA) is 235 Å². The molecule has 2 amide bonds. The van der Waals surface area contributed by atoms with Crippen LogP contribution in [0.3, 0.4) is 0 Å². The van der Waals surface area contributed by atoms with Crippen molar-refractivity contribution in [1.82, 2.24) is 0 Å². The van der Waals surface area contributed by atoms with Crippen molar-refractivity contribution in [2.75, 3.05) is 59.2 Å². The van der Waals surface area contributed by atoms with Gasteiger partial charge in [-0.15, -0.1) is 36.2 Å². The first-order valence-corrected chi connectivity index (χ1v) is 68.7. The molecule has 892 valence electrons. The van der Waals surface area contributed by atoms with Crippen molar-refractivity contribution in [2.45, 2.75) is 489 Å². The third-order valence-corrected chi connectivity index (χ3v) is 47.6. The van der Waals surface area contributed by atoms with Crippen LogP contribution in [0.2, 0.25) is 39.3 Å². The van der Waals surface area contributed by atoms with Gasteiger partial charge in [0.1, 0.15) is 0 Å². The standard InChI is InChI=1S/C22H42N2P.C20H28NPS.C17H26NO2P.C16H38N2PSi2.C16H32NPS.4C5H10O2.C3H8.5CH3.5Ni/c1-21(2,3)25(22(4,5)6)17-20(23-18-13-9-7-10-14-18)24-19-15-11-8-12-16-19;1-19(2,3)22(20(4,5)6)14-18(23)21-17-13-9-11-15-10-7-8-12-16(15)17;1-16(2,3)21(17(4,5)6)12-14(19)18-15(20)13-10-8-7-9-11-13;1-15(2,3)19(16(4,5)6)13-14(17-20(7,8)9)18-21(10,11)12;1-15(2,3)18(16(4,5)6)12-14(19)17-13-10-8-7-9-11-13;4*1-4(2)5(6)7-3;1-3-2;;;;;;;;;;/h18-19H,7-17H2,1-6H3;7-13H,14H2,1-6H3,(H,21,23);7-11H,12H2,1-6H3,(H,18,19,20);13H2,1-12H3;13H,7-12H2,1-6H3,(H,17,19);4*4H,1-3H3;3H2,1-2H3;5*1H3;;;;;/q-1;;;-1;;;;;;;5*-1;5*+2/p+2. The molecule has 0 unspecified atom stereocenters. The predicted octanol–water partition coefficient (Wildman–Crippen LogP) is 37.7. The molecule has 0 N–H and O–H groups in total. The van der Waals surface area contributed by atoms with Gasteiger partial charge in [-0.05, 0) is 236 Å². The van der Waals surface area contributed by atoms with Crippen LogP contribution in [0.1, 0.15) is 390 Å². The van der Waals surface area contributed by atoms with Crippen molar-refractivity contribution in [3.8, 4) is 0 Å². The number of hydrogen-bond acceptors (Lipinski definition) is 14. The number of fused-ring (bicyclic) bond motifs is 1. The molecule has 0 atom stereocenters. The number of carbonyl (C=O) groups excluding carboxylic acids is 6. The summed E-state index contributed by atoms with van der Waals surface area (Å²) in [4.78, 5) is 77.5. The Labute approximate surface area is 998 Å². The molecule has 0 radical (unpaired) electrons. The van der Waals surface area contributed by atoms with Crippen LogP contribution in [-0.4, -0.2) is 203 Å². The molecule has 0 spiro atoms. The van der Waals surface area contributed by atoms with Gasteiger partial charge in [-0.3, -0.25) is 19.2 Å². The molecule has 17 nitrogen and oxygen atoms in total. The summed E-state index contributed by atoms with van der Waals surface area (Å²) in [5.41, 5.74) is 1.46. The zero-order valence-electron chi connectivity index (χ0n) is 106. The molecule has 6 rings (SSSR count). The van der Waals surface area contributed by atoms with Crippen molar-refractivity contribution in [3.05, 3.63) is 142 Å². The maximum atomic E-state index is 12.2. The average Bonchev–Trinajstić information content (AvgIpc) is 0.817. The molecule has 0 saturated heterocycles. The van der Waals surface area contributed by atoms with Crippen LogP contribution in [0.5, 0.6) is 0 Å². The Hall–Kier alpha value is -1.29. The van der Waals surface area contributed by atoms with Gasteiger partial charge in [0.2, 0.25) is 0 Å². The van der Waals surface area contributed by atoms with Crippen LogP contribution in [0, 0.1) is 60.8 Å². The number of imide groups is 1. The van der Waals surface area contributed by atoms with E-state index in [-0.39, 0.29) is 183 Å². The van der Waals surface area contributed by atoms with Gasteiger partial charge in [0.25, 0.3) is 0 Å². The fourth-order valence-corrected chi connectivity index (χ4v) is 39.6. The van der Waals surface area contributed by atoms with Crippen LogP contribution in [0.25, 0.3) is 37.0 Å². The summed E-state index contributed by atoms with van der Waals surface area (Å²) in [5.74, 6) is 1.11. The summed E-state index contributed by atoms with van der Waals surface area (Å²) < 4.78 is 22.6. The summed E-state index contributed by atoms with van der Waals surface area (Å²) in [6, 6.07) is 25.0. The number of aliphatic imine (C=N–C) groups is 1. The molecule has 31 heteroatoms. The molecule has 3 saturated carbocycles. The van der Waals surface area contributed by atoms with Crippen LogP contribution < -0.4 is 0 Å². The average molecular weight is 2490 g/mol. The second kappa shape index (κ2) is 85.6. The number of ether oxygens (including phenoxy) is 4. The Bertz CT molecular complexity index is 3940. The number of benzene rings is 3.